The van der Waals surface area contributed by atoms with Crippen molar-refractivity contribution in [1.29, 1.82) is 0 Å². The van der Waals surface area contributed by atoms with E-state index < -0.39 is 0 Å². The molecule has 0 unspecified atom stereocenters. The van der Waals surface area contributed by atoms with E-state index >= 15 is 0 Å². The number of fused-ring (bicyclic) bond motifs is 1. The molecule has 0 radical (unpaired) electrons. The number of halogens is 1. The van der Waals surface area contributed by atoms with Gasteiger partial charge in [0.05, 0.1) is 10.2 Å². The van der Waals surface area contributed by atoms with Crippen LogP contribution in [-0.2, 0) is 6.54 Å². The first-order chi connectivity index (χ1) is 9.70. The van der Waals surface area contributed by atoms with Crippen LogP contribution >= 0.6 is 15.9 Å². The lowest BCUT2D eigenvalue weighted by Crippen LogP contribution is -2.15. The van der Waals surface area contributed by atoms with Crippen LogP contribution in [0.3, 0.4) is 0 Å². The van der Waals surface area contributed by atoms with Crippen LogP contribution in [0.25, 0.3) is 11.3 Å². The van der Waals surface area contributed by atoms with E-state index in [1.54, 1.807) is 0 Å². The summed E-state index contributed by atoms with van der Waals surface area (Å²) >= 11 is 3.61. The molecule has 0 bridgehead atoms. The molecule has 1 aliphatic heterocycles. The Labute approximate surface area is 125 Å². The maximum Gasteiger partial charge on any atom is 0.162 e. The number of hydrogen-bond donors (Lipinski definition) is 2. The van der Waals surface area contributed by atoms with Gasteiger partial charge < -0.3 is 14.8 Å². The van der Waals surface area contributed by atoms with E-state index in [-0.39, 0.29) is 0 Å². The zero-order valence-corrected chi connectivity index (χ0v) is 13.0. The van der Waals surface area contributed by atoms with Gasteiger partial charge in [0.15, 0.2) is 11.5 Å². The van der Waals surface area contributed by atoms with Crippen molar-refractivity contribution in [2.45, 2.75) is 13.5 Å². The van der Waals surface area contributed by atoms with Crippen LogP contribution in [0, 0.1) is 6.92 Å². The molecule has 2 aromatic rings. The van der Waals surface area contributed by atoms with Gasteiger partial charge in [-0.2, -0.15) is 5.10 Å². The highest BCUT2D eigenvalue weighted by Gasteiger charge is 2.19. The Bertz CT molecular complexity index is 640. The first kappa shape index (κ1) is 13.5. The zero-order valence-electron chi connectivity index (χ0n) is 11.4. The van der Waals surface area contributed by atoms with Gasteiger partial charge in [0.1, 0.15) is 18.9 Å². The second-order valence-corrected chi connectivity index (χ2v) is 5.50. The highest BCUT2D eigenvalue weighted by Crippen LogP contribution is 2.39. The molecular weight excluding hydrogens is 322 g/mol. The maximum atomic E-state index is 5.64. The van der Waals surface area contributed by atoms with Gasteiger partial charge in [-0.05, 0) is 47.6 Å². The summed E-state index contributed by atoms with van der Waals surface area (Å²) in [6, 6.07) is 4.00. The van der Waals surface area contributed by atoms with Crippen LogP contribution in [0.2, 0.25) is 0 Å². The molecule has 2 heterocycles. The van der Waals surface area contributed by atoms with E-state index in [2.05, 4.69) is 31.4 Å². The Morgan fingerprint density at radius 2 is 2.00 bits per heavy atom. The van der Waals surface area contributed by atoms with Crippen LogP contribution in [0.5, 0.6) is 11.5 Å². The summed E-state index contributed by atoms with van der Waals surface area (Å²) in [6.45, 7) is 3.97. The predicted molar refractivity (Wildman–Crippen MR) is 80.2 cm³/mol. The third-order valence-electron chi connectivity index (χ3n) is 3.27. The third-order valence-corrected chi connectivity index (χ3v) is 4.13. The molecule has 20 heavy (non-hydrogen) atoms. The SMILES string of the molecule is CNCc1[nH]nc(-c2cc3c(cc2C)OCCO3)c1Br. The molecule has 2 N–H and O–H groups in total. The maximum absolute atomic E-state index is 5.64. The number of nitrogens with one attached hydrogen (secondary N) is 2. The second kappa shape index (κ2) is 5.46. The summed E-state index contributed by atoms with van der Waals surface area (Å²) in [5.74, 6) is 1.58. The zero-order chi connectivity index (χ0) is 14.1. The fourth-order valence-corrected chi connectivity index (χ4v) is 2.81. The number of hydrogen-bond acceptors (Lipinski definition) is 4. The molecule has 0 aliphatic carbocycles. The summed E-state index contributed by atoms with van der Waals surface area (Å²) in [7, 11) is 1.91. The molecule has 0 amide bonds. The van der Waals surface area contributed by atoms with Crippen LogP contribution in [-0.4, -0.2) is 30.5 Å². The monoisotopic (exact) mass is 337 g/mol. The summed E-state index contributed by atoms with van der Waals surface area (Å²) in [5.41, 5.74) is 4.07. The molecule has 6 heteroatoms. The van der Waals surface area contributed by atoms with Crippen molar-refractivity contribution in [1.82, 2.24) is 15.5 Å². The van der Waals surface area contributed by atoms with Gasteiger partial charge in [-0.25, -0.2) is 0 Å². The van der Waals surface area contributed by atoms with E-state index in [0.717, 1.165) is 45.0 Å². The van der Waals surface area contributed by atoms with Gasteiger partial charge in [-0.15, -0.1) is 0 Å². The number of nitrogens with zero attached hydrogens (tertiary/aromatic N) is 1. The molecular formula is C14H16BrN3O2. The van der Waals surface area contributed by atoms with E-state index in [1.807, 2.05) is 26.1 Å². The molecule has 5 nitrogen and oxygen atoms in total. The van der Waals surface area contributed by atoms with Crippen LogP contribution in [0.15, 0.2) is 16.6 Å². The summed E-state index contributed by atoms with van der Waals surface area (Å²) < 4.78 is 12.2. The lowest BCUT2D eigenvalue weighted by Gasteiger charge is -2.20. The van der Waals surface area contributed by atoms with Crippen molar-refractivity contribution >= 4 is 15.9 Å². The number of H-pyrrole nitrogens is 1. The molecule has 0 saturated carbocycles. The summed E-state index contributed by atoms with van der Waals surface area (Å²) in [6.07, 6.45) is 0. The van der Waals surface area contributed by atoms with Crippen molar-refractivity contribution < 1.29 is 9.47 Å². The summed E-state index contributed by atoms with van der Waals surface area (Å²) in [4.78, 5) is 0. The molecule has 106 valence electrons. The van der Waals surface area contributed by atoms with Crippen LogP contribution in [0.4, 0.5) is 0 Å². The molecule has 1 aromatic carbocycles. The minimum Gasteiger partial charge on any atom is -0.486 e. The van der Waals surface area contributed by atoms with E-state index in [9.17, 15) is 0 Å². The second-order valence-electron chi connectivity index (χ2n) is 4.71. The highest BCUT2D eigenvalue weighted by atomic mass is 79.9. The van der Waals surface area contributed by atoms with Crippen molar-refractivity contribution in [3.05, 3.63) is 27.9 Å². The molecule has 0 atom stereocenters. The average molecular weight is 338 g/mol. The Hall–Kier alpha value is -1.53. The lowest BCUT2D eigenvalue weighted by atomic mass is 10.0. The average Bonchev–Trinajstić information content (AvgIpc) is 2.80. The van der Waals surface area contributed by atoms with Crippen molar-refractivity contribution in [2.24, 2.45) is 0 Å². The van der Waals surface area contributed by atoms with E-state index in [1.165, 1.54) is 0 Å². The topological polar surface area (TPSA) is 59.2 Å². The number of rotatable bonds is 3. The number of benzene rings is 1. The molecule has 0 spiro atoms. The van der Waals surface area contributed by atoms with E-state index in [0.29, 0.717) is 13.2 Å². The standard InChI is InChI=1S/C14H16BrN3O2/c1-8-5-11-12(20-4-3-19-11)6-9(8)14-13(15)10(7-16-2)17-18-14/h5-6,16H,3-4,7H2,1-2H3,(H,17,18). The van der Waals surface area contributed by atoms with Gasteiger partial charge in [0, 0.05) is 12.1 Å². The third kappa shape index (κ3) is 2.29. The Balaban J connectivity index is 2.05. The molecule has 0 fully saturated rings. The minimum absolute atomic E-state index is 0.586. The number of aromatic nitrogens is 2. The normalized spacial score (nSPS) is 13.6. The van der Waals surface area contributed by atoms with Crippen molar-refractivity contribution in [3.63, 3.8) is 0 Å². The largest absolute Gasteiger partial charge is 0.486 e. The van der Waals surface area contributed by atoms with Crippen LogP contribution in [0.1, 0.15) is 11.3 Å². The Morgan fingerprint density at radius 3 is 2.70 bits per heavy atom. The predicted octanol–water partition coefficient (Wildman–Crippen LogP) is 2.64. The quantitative estimate of drug-likeness (QED) is 0.903. The molecule has 0 saturated heterocycles. The minimum atomic E-state index is 0.586. The summed E-state index contributed by atoms with van der Waals surface area (Å²) in [5, 5.41) is 10.6. The Kier molecular flexibility index (Phi) is 3.67. The number of aromatic amines is 1. The first-order valence-corrected chi connectivity index (χ1v) is 7.28. The molecule has 3 rings (SSSR count). The highest BCUT2D eigenvalue weighted by molar-refractivity contribution is 9.10. The first-order valence-electron chi connectivity index (χ1n) is 6.48. The lowest BCUT2D eigenvalue weighted by molar-refractivity contribution is 0.171. The fourth-order valence-electron chi connectivity index (χ4n) is 2.28. The van der Waals surface area contributed by atoms with Gasteiger partial charge >= 0.3 is 0 Å². The Morgan fingerprint density at radius 1 is 1.30 bits per heavy atom. The van der Waals surface area contributed by atoms with Gasteiger partial charge in [-0.1, -0.05) is 0 Å². The van der Waals surface area contributed by atoms with Gasteiger partial charge in [-0.3, -0.25) is 5.10 Å². The van der Waals surface area contributed by atoms with Gasteiger partial charge in [0.25, 0.3) is 0 Å². The number of ether oxygens (including phenoxy) is 2. The van der Waals surface area contributed by atoms with Crippen LogP contribution < -0.4 is 14.8 Å². The smallest absolute Gasteiger partial charge is 0.162 e. The van der Waals surface area contributed by atoms with Crippen molar-refractivity contribution in [2.75, 3.05) is 20.3 Å². The molecule has 1 aliphatic rings. The fraction of sp³-hybridized carbons (Fsp3) is 0.357. The van der Waals surface area contributed by atoms with E-state index in [4.69, 9.17) is 9.47 Å². The molecule has 1 aromatic heterocycles. The van der Waals surface area contributed by atoms with Gasteiger partial charge in [0.2, 0.25) is 0 Å². The van der Waals surface area contributed by atoms with Crippen molar-refractivity contribution in [3.8, 4) is 22.8 Å². The number of aryl methyl sites for hydroxylation is 1.